The molecule has 1 aliphatic rings. The van der Waals surface area contributed by atoms with Crippen LogP contribution >= 0.6 is 11.6 Å². The number of piperazine rings is 1. The van der Waals surface area contributed by atoms with E-state index in [4.69, 9.17) is 16.3 Å². The van der Waals surface area contributed by atoms with Gasteiger partial charge < -0.3 is 19.9 Å². The summed E-state index contributed by atoms with van der Waals surface area (Å²) in [5, 5.41) is 11.8. The average Bonchev–Trinajstić information content (AvgIpc) is 2.75. The summed E-state index contributed by atoms with van der Waals surface area (Å²) in [4.78, 5) is 13.5. The molecule has 0 bridgehead atoms. The van der Waals surface area contributed by atoms with Crippen molar-refractivity contribution in [3.05, 3.63) is 53.8 Å². The summed E-state index contributed by atoms with van der Waals surface area (Å²) < 4.78 is 5.17. The SMILES string of the molecule is COc1ccc(Nc2nncc(N3CCN(c4ccccn4)CC3)n2)cc1Cl. The number of anilines is 4. The first-order valence-electron chi connectivity index (χ1n) is 8.94. The van der Waals surface area contributed by atoms with Crippen molar-refractivity contribution < 1.29 is 4.74 Å². The minimum atomic E-state index is 0.422. The van der Waals surface area contributed by atoms with Gasteiger partial charge >= 0.3 is 0 Å². The van der Waals surface area contributed by atoms with Crippen LogP contribution in [0.5, 0.6) is 5.75 Å². The van der Waals surface area contributed by atoms with Crippen LogP contribution in [0, 0.1) is 0 Å². The number of pyridine rings is 1. The molecule has 1 fully saturated rings. The fraction of sp³-hybridized carbons (Fsp3) is 0.263. The number of nitrogens with one attached hydrogen (secondary N) is 1. The number of halogens is 1. The molecule has 9 heteroatoms. The Balaban J connectivity index is 1.42. The standard InChI is InChI=1S/C19H20ClN7O/c1-28-16-6-5-14(12-15(16)20)23-19-24-18(13-22-25-19)27-10-8-26(9-11-27)17-4-2-3-7-21-17/h2-7,12-13H,8-11H2,1H3,(H,23,24,25). The number of ether oxygens (including phenoxy) is 1. The number of aromatic nitrogens is 4. The van der Waals surface area contributed by atoms with Crippen molar-refractivity contribution >= 4 is 34.9 Å². The summed E-state index contributed by atoms with van der Waals surface area (Å²) in [6.07, 6.45) is 3.50. The highest BCUT2D eigenvalue weighted by molar-refractivity contribution is 6.32. The van der Waals surface area contributed by atoms with Crippen molar-refractivity contribution in [1.29, 1.82) is 0 Å². The second-order valence-electron chi connectivity index (χ2n) is 6.27. The molecule has 0 radical (unpaired) electrons. The van der Waals surface area contributed by atoms with Gasteiger partial charge in [-0.3, -0.25) is 0 Å². The molecule has 0 amide bonds. The van der Waals surface area contributed by atoms with Gasteiger partial charge in [0.2, 0.25) is 5.95 Å². The van der Waals surface area contributed by atoms with Crippen LogP contribution in [0.15, 0.2) is 48.8 Å². The molecule has 4 rings (SSSR count). The lowest BCUT2D eigenvalue weighted by atomic mass is 10.3. The smallest absolute Gasteiger partial charge is 0.249 e. The Morgan fingerprint density at radius 3 is 2.50 bits per heavy atom. The predicted molar refractivity (Wildman–Crippen MR) is 110 cm³/mol. The van der Waals surface area contributed by atoms with Crippen LogP contribution in [0.3, 0.4) is 0 Å². The maximum Gasteiger partial charge on any atom is 0.249 e. The van der Waals surface area contributed by atoms with Crippen LogP contribution in [0.1, 0.15) is 0 Å². The first-order chi connectivity index (χ1) is 13.7. The van der Waals surface area contributed by atoms with Gasteiger partial charge in [-0.05, 0) is 30.3 Å². The minimum Gasteiger partial charge on any atom is -0.495 e. The van der Waals surface area contributed by atoms with Crippen LogP contribution in [0.4, 0.5) is 23.3 Å². The van der Waals surface area contributed by atoms with Crippen LogP contribution in [-0.4, -0.2) is 53.5 Å². The molecule has 0 spiro atoms. The third-order valence-electron chi connectivity index (χ3n) is 4.53. The van der Waals surface area contributed by atoms with E-state index in [-0.39, 0.29) is 0 Å². The van der Waals surface area contributed by atoms with Crippen molar-refractivity contribution in [1.82, 2.24) is 20.2 Å². The summed E-state index contributed by atoms with van der Waals surface area (Å²) in [5.41, 5.74) is 0.768. The molecule has 2 aromatic heterocycles. The summed E-state index contributed by atoms with van der Waals surface area (Å²) in [6, 6.07) is 11.4. The number of nitrogens with zero attached hydrogens (tertiary/aromatic N) is 6. The monoisotopic (exact) mass is 397 g/mol. The molecule has 0 unspecified atom stereocenters. The van der Waals surface area contributed by atoms with Gasteiger partial charge in [-0.2, -0.15) is 10.1 Å². The van der Waals surface area contributed by atoms with E-state index in [2.05, 4.69) is 35.3 Å². The average molecular weight is 398 g/mol. The first kappa shape index (κ1) is 18.2. The van der Waals surface area contributed by atoms with Gasteiger partial charge in [0.15, 0.2) is 5.82 Å². The highest BCUT2D eigenvalue weighted by Crippen LogP contribution is 2.28. The normalized spacial score (nSPS) is 14.1. The van der Waals surface area contributed by atoms with Gasteiger partial charge in [-0.15, -0.1) is 5.10 Å². The molecular weight excluding hydrogens is 378 g/mol. The van der Waals surface area contributed by atoms with Crippen molar-refractivity contribution in [3.63, 3.8) is 0 Å². The van der Waals surface area contributed by atoms with E-state index < -0.39 is 0 Å². The third kappa shape index (κ3) is 4.07. The van der Waals surface area contributed by atoms with Crippen molar-refractivity contribution in [3.8, 4) is 5.75 Å². The van der Waals surface area contributed by atoms with Gasteiger partial charge in [-0.1, -0.05) is 17.7 Å². The van der Waals surface area contributed by atoms with E-state index in [0.717, 1.165) is 43.5 Å². The largest absolute Gasteiger partial charge is 0.495 e. The Hall–Kier alpha value is -3.13. The maximum absolute atomic E-state index is 6.17. The highest BCUT2D eigenvalue weighted by atomic mass is 35.5. The Labute approximate surface area is 168 Å². The first-order valence-corrected chi connectivity index (χ1v) is 9.32. The van der Waals surface area contributed by atoms with Crippen molar-refractivity contribution in [2.24, 2.45) is 0 Å². The molecule has 1 saturated heterocycles. The molecule has 0 atom stereocenters. The van der Waals surface area contributed by atoms with Gasteiger partial charge in [0.1, 0.15) is 11.6 Å². The zero-order valence-electron chi connectivity index (χ0n) is 15.4. The van der Waals surface area contributed by atoms with E-state index in [9.17, 15) is 0 Å². The second kappa shape index (κ2) is 8.26. The van der Waals surface area contributed by atoms with Gasteiger partial charge in [0.05, 0.1) is 18.3 Å². The molecule has 3 heterocycles. The number of hydrogen-bond acceptors (Lipinski definition) is 8. The molecule has 0 aliphatic carbocycles. The van der Waals surface area contributed by atoms with Gasteiger partial charge in [0, 0.05) is 38.1 Å². The molecule has 1 N–H and O–H groups in total. The Morgan fingerprint density at radius 2 is 1.82 bits per heavy atom. The number of rotatable bonds is 5. The number of benzene rings is 1. The lowest BCUT2D eigenvalue weighted by Crippen LogP contribution is -2.47. The van der Waals surface area contributed by atoms with E-state index in [1.807, 2.05) is 30.5 Å². The Bertz CT molecular complexity index is 933. The molecule has 28 heavy (non-hydrogen) atoms. The zero-order chi connectivity index (χ0) is 19.3. The number of methoxy groups -OCH3 is 1. The predicted octanol–water partition coefficient (Wildman–Crippen LogP) is 3.00. The lowest BCUT2D eigenvalue weighted by Gasteiger charge is -2.35. The van der Waals surface area contributed by atoms with Crippen LogP contribution in [-0.2, 0) is 0 Å². The number of hydrogen-bond donors (Lipinski definition) is 1. The molecular formula is C19H20ClN7O. The van der Waals surface area contributed by atoms with E-state index in [0.29, 0.717) is 16.7 Å². The highest BCUT2D eigenvalue weighted by Gasteiger charge is 2.19. The molecule has 0 saturated carbocycles. The maximum atomic E-state index is 6.17. The Kier molecular flexibility index (Phi) is 5.38. The summed E-state index contributed by atoms with van der Waals surface area (Å²) in [7, 11) is 1.58. The van der Waals surface area contributed by atoms with Gasteiger partial charge in [0.25, 0.3) is 0 Å². The minimum absolute atomic E-state index is 0.422. The lowest BCUT2D eigenvalue weighted by molar-refractivity contribution is 0.415. The summed E-state index contributed by atoms with van der Waals surface area (Å²) >= 11 is 6.17. The van der Waals surface area contributed by atoms with Crippen molar-refractivity contribution in [2.75, 3.05) is 48.4 Å². The zero-order valence-corrected chi connectivity index (χ0v) is 16.2. The second-order valence-corrected chi connectivity index (χ2v) is 6.68. The van der Waals surface area contributed by atoms with E-state index >= 15 is 0 Å². The van der Waals surface area contributed by atoms with Gasteiger partial charge in [-0.25, -0.2) is 4.98 Å². The topological polar surface area (TPSA) is 79.3 Å². The van der Waals surface area contributed by atoms with Crippen LogP contribution in [0.25, 0.3) is 0 Å². The molecule has 8 nitrogen and oxygen atoms in total. The quantitative estimate of drug-likeness (QED) is 0.703. The van der Waals surface area contributed by atoms with Crippen molar-refractivity contribution in [2.45, 2.75) is 0 Å². The third-order valence-corrected chi connectivity index (χ3v) is 4.83. The molecule has 1 aliphatic heterocycles. The molecule has 3 aromatic rings. The van der Waals surface area contributed by atoms with Crippen LogP contribution < -0.4 is 19.9 Å². The Morgan fingerprint density at radius 1 is 1.04 bits per heavy atom. The molecule has 1 aromatic carbocycles. The van der Waals surface area contributed by atoms with E-state index in [1.54, 1.807) is 25.4 Å². The fourth-order valence-electron chi connectivity index (χ4n) is 3.08. The fourth-order valence-corrected chi connectivity index (χ4v) is 3.34. The summed E-state index contributed by atoms with van der Waals surface area (Å²) in [6.45, 7) is 3.42. The van der Waals surface area contributed by atoms with Crippen LogP contribution in [0.2, 0.25) is 5.02 Å². The summed E-state index contributed by atoms with van der Waals surface area (Å²) in [5.74, 6) is 2.83. The molecule has 144 valence electrons. The van der Waals surface area contributed by atoms with E-state index in [1.165, 1.54) is 0 Å².